The number of hydrogen-bond donors (Lipinski definition) is 2. The van der Waals surface area contributed by atoms with E-state index in [0.29, 0.717) is 15.9 Å². The number of rotatable bonds is 2. The van der Waals surface area contributed by atoms with Crippen molar-refractivity contribution in [2.75, 3.05) is 5.73 Å². The fourth-order valence-electron chi connectivity index (χ4n) is 1.07. The number of benzene rings is 1. The Morgan fingerprint density at radius 3 is 2.87 bits per heavy atom. The number of nitrogens with zero attached hydrogens (tertiary/aromatic N) is 2. The molecular formula is C9H9ClN4S. The Hall–Kier alpha value is -1.20. The van der Waals surface area contributed by atoms with Crippen LogP contribution >= 0.6 is 23.4 Å². The van der Waals surface area contributed by atoms with Gasteiger partial charge in [0.05, 0.1) is 5.02 Å². The molecule has 0 saturated heterocycles. The fraction of sp³-hybridized carbons (Fsp3) is 0.111. The molecule has 78 valence electrons. The number of nitrogens with two attached hydrogens (primary N) is 1. The molecule has 0 saturated carbocycles. The smallest absolute Gasteiger partial charge is 0.213 e. The summed E-state index contributed by atoms with van der Waals surface area (Å²) in [6.07, 6.45) is 0. The van der Waals surface area contributed by atoms with Crippen LogP contribution in [0.3, 0.4) is 0 Å². The number of hydrogen-bond acceptors (Lipinski definition) is 4. The Morgan fingerprint density at radius 2 is 2.27 bits per heavy atom. The maximum absolute atomic E-state index is 6.02. The lowest BCUT2D eigenvalue weighted by Gasteiger charge is -2.01. The summed E-state index contributed by atoms with van der Waals surface area (Å²) in [6.45, 7) is 1.85. The SMILES string of the molecule is Cc1nc(Sc2ccc(N)cc2Cl)n[nH]1. The topological polar surface area (TPSA) is 67.6 Å². The molecule has 0 amide bonds. The third-order valence-corrected chi connectivity index (χ3v) is 3.10. The van der Waals surface area contributed by atoms with Crippen molar-refractivity contribution >= 4 is 29.1 Å². The highest BCUT2D eigenvalue weighted by Crippen LogP contribution is 2.32. The van der Waals surface area contributed by atoms with E-state index in [-0.39, 0.29) is 0 Å². The highest BCUT2D eigenvalue weighted by molar-refractivity contribution is 7.99. The van der Waals surface area contributed by atoms with Crippen LogP contribution < -0.4 is 5.73 Å². The van der Waals surface area contributed by atoms with Crippen LogP contribution in [0.2, 0.25) is 5.02 Å². The molecule has 0 aliphatic rings. The number of nitrogens with one attached hydrogen (secondary N) is 1. The Balaban J connectivity index is 2.24. The van der Waals surface area contributed by atoms with Crippen LogP contribution in [-0.4, -0.2) is 15.2 Å². The van der Waals surface area contributed by atoms with Gasteiger partial charge in [0.1, 0.15) is 5.82 Å². The van der Waals surface area contributed by atoms with E-state index < -0.39 is 0 Å². The minimum atomic E-state index is 0.613. The summed E-state index contributed by atoms with van der Waals surface area (Å²) < 4.78 is 0. The molecule has 0 spiro atoms. The predicted octanol–water partition coefficient (Wildman–Crippen LogP) is 2.50. The first-order valence-electron chi connectivity index (χ1n) is 4.27. The molecule has 0 bridgehead atoms. The molecule has 2 aromatic rings. The van der Waals surface area contributed by atoms with E-state index in [2.05, 4.69) is 15.2 Å². The molecule has 1 aromatic carbocycles. The van der Waals surface area contributed by atoms with Crippen LogP contribution in [0.5, 0.6) is 0 Å². The first kappa shape index (κ1) is 10.3. The van der Waals surface area contributed by atoms with E-state index in [4.69, 9.17) is 17.3 Å². The van der Waals surface area contributed by atoms with Crippen LogP contribution in [0.1, 0.15) is 5.82 Å². The van der Waals surface area contributed by atoms with Crippen LogP contribution in [-0.2, 0) is 0 Å². The molecule has 0 atom stereocenters. The number of aryl methyl sites for hydroxylation is 1. The highest BCUT2D eigenvalue weighted by Gasteiger charge is 2.06. The zero-order valence-electron chi connectivity index (χ0n) is 7.99. The number of nitrogen functional groups attached to an aromatic ring is 1. The Bertz CT molecular complexity index is 483. The molecule has 0 unspecified atom stereocenters. The van der Waals surface area contributed by atoms with E-state index in [1.165, 1.54) is 11.8 Å². The van der Waals surface area contributed by atoms with Crippen molar-refractivity contribution in [2.24, 2.45) is 0 Å². The van der Waals surface area contributed by atoms with Crippen molar-refractivity contribution in [2.45, 2.75) is 17.0 Å². The number of anilines is 1. The third kappa shape index (κ3) is 2.43. The van der Waals surface area contributed by atoms with Gasteiger partial charge >= 0.3 is 0 Å². The molecule has 1 aromatic heterocycles. The molecule has 6 heteroatoms. The molecule has 0 radical (unpaired) electrons. The lowest BCUT2D eigenvalue weighted by Crippen LogP contribution is -1.85. The molecular weight excluding hydrogens is 232 g/mol. The van der Waals surface area contributed by atoms with E-state index in [1.807, 2.05) is 13.0 Å². The van der Waals surface area contributed by atoms with Crippen molar-refractivity contribution in [1.82, 2.24) is 15.2 Å². The van der Waals surface area contributed by atoms with Crippen molar-refractivity contribution < 1.29 is 0 Å². The maximum Gasteiger partial charge on any atom is 0.213 e. The largest absolute Gasteiger partial charge is 0.399 e. The highest BCUT2D eigenvalue weighted by atomic mass is 35.5. The zero-order chi connectivity index (χ0) is 10.8. The van der Waals surface area contributed by atoms with Crippen LogP contribution in [0.4, 0.5) is 5.69 Å². The number of halogens is 1. The molecule has 0 aliphatic carbocycles. The van der Waals surface area contributed by atoms with Crippen LogP contribution in [0, 0.1) is 6.92 Å². The summed E-state index contributed by atoms with van der Waals surface area (Å²) >= 11 is 7.42. The van der Waals surface area contributed by atoms with Gasteiger partial charge in [-0.1, -0.05) is 11.6 Å². The van der Waals surface area contributed by atoms with E-state index in [1.54, 1.807) is 12.1 Å². The second-order valence-corrected chi connectivity index (χ2v) is 4.41. The summed E-state index contributed by atoms with van der Waals surface area (Å²) in [4.78, 5) is 5.07. The lowest BCUT2D eigenvalue weighted by atomic mass is 10.3. The van der Waals surface area contributed by atoms with Gasteiger partial charge < -0.3 is 5.73 Å². The number of H-pyrrole nitrogens is 1. The van der Waals surface area contributed by atoms with Gasteiger partial charge in [0, 0.05) is 10.6 Å². The summed E-state index contributed by atoms with van der Waals surface area (Å²) in [6, 6.07) is 5.37. The molecule has 1 heterocycles. The van der Waals surface area contributed by atoms with Gasteiger partial charge in [0.15, 0.2) is 0 Å². The summed E-state index contributed by atoms with van der Waals surface area (Å²) in [5, 5.41) is 8.05. The van der Waals surface area contributed by atoms with E-state index in [9.17, 15) is 0 Å². The normalized spacial score (nSPS) is 10.5. The van der Waals surface area contributed by atoms with E-state index >= 15 is 0 Å². The second-order valence-electron chi connectivity index (χ2n) is 3.00. The van der Waals surface area contributed by atoms with Gasteiger partial charge in [-0.2, -0.15) is 0 Å². The first-order chi connectivity index (χ1) is 7.15. The van der Waals surface area contributed by atoms with Crippen molar-refractivity contribution in [1.29, 1.82) is 0 Å². The minimum absolute atomic E-state index is 0.613. The van der Waals surface area contributed by atoms with Gasteiger partial charge in [0.2, 0.25) is 5.16 Å². The average Bonchev–Trinajstić information content (AvgIpc) is 2.56. The monoisotopic (exact) mass is 240 g/mol. The van der Waals surface area contributed by atoms with E-state index in [0.717, 1.165) is 10.7 Å². The Kier molecular flexibility index (Phi) is 2.83. The van der Waals surface area contributed by atoms with Gasteiger partial charge in [-0.05, 0) is 36.9 Å². The molecule has 0 aliphatic heterocycles. The van der Waals surface area contributed by atoms with Gasteiger partial charge in [-0.3, -0.25) is 5.10 Å². The summed E-state index contributed by atoms with van der Waals surface area (Å²) in [5.41, 5.74) is 6.24. The van der Waals surface area contributed by atoms with Crippen molar-refractivity contribution in [3.8, 4) is 0 Å². The molecule has 15 heavy (non-hydrogen) atoms. The van der Waals surface area contributed by atoms with Gasteiger partial charge in [-0.25, -0.2) is 4.98 Å². The molecule has 3 N–H and O–H groups in total. The fourth-order valence-corrected chi connectivity index (χ4v) is 2.13. The Labute approximate surface area is 96.2 Å². The first-order valence-corrected chi connectivity index (χ1v) is 5.46. The maximum atomic E-state index is 6.02. The molecule has 2 rings (SSSR count). The summed E-state index contributed by atoms with van der Waals surface area (Å²) in [5.74, 6) is 0.782. The standard InChI is InChI=1S/C9H9ClN4S/c1-5-12-9(14-13-5)15-8-3-2-6(11)4-7(8)10/h2-4H,11H2,1H3,(H,12,13,14). The third-order valence-electron chi connectivity index (χ3n) is 1.73. The molecule has 4 nitrogen and oxygen atoms in total. The number of aromatic amines is 1. The van der Waals surface area contributed by atoms with Gasteiger partial charge in [0.25, 0.3) is 0 Å². The zero-order valence-corrected chi connectivity index (χ0v) is 9.56. The van der Waals surface area contributed by atoms with Crippen LogP contribution in [0.25, 0.3) is 0 Å². The quantitative estimate of drug-likeness (QED) is 0.792. The van der Waals surface area contributed by atoms with Crippen molar-refractivity contribution in [3.05, 3.63) is 29.0 Å². The minimum Gasteiger partial charge on any atom is -0.399 e. The molecule has 0 fully saturated rings. The van der Waals surface area contributed by atoms with Gasteiger partial charge in [-0.15, -0.1) is 5.10 Å². The summed E-state index contributed by atoms with van der Waals surface area (Å²) in [7, 11) is 0. The average molecular weight is 241 g/mol. The predicted molar refractivity (Wildman–Crippen MR) is 61.1 cm³/mol. The van der Waals surface area contributed by atoms with Crippen molar-refractivity contribution in [3.63, 3.8) is 0 Å². The number of aromatic nitrogens is 3. The lowest BCUT2D eigenvalue weighted by molar-refractivity contribution is 0.969. The Morgan fingerprint density at radius 1 is 1.47 bits per heavy atom. The van der Waals surface area contributed by atoms with Crippen LogP contribution in [0.15, 0.2) is 28.3 Å². The second kappa shape index (κ2) is 4.12.